The van der Waals surface area contributed by atoms with Gasteiger partial charge in [0.15, 0.2) is 0 Å². The van der Waals surface area contributed by atoms with Crippen LogP contribution < -0.4 is 10.6 Å². The summed E-state index contributed by atoms with van der Waals surface area (Å²) < 4.78 is 0. The number of nitrogens with one attached hydrogen (secondary N) is 2. The van der Waals surface area contributed by atoms with Gasteiger partial charge in [-0.15, -0.1) is 12.4 Å². The molecule has 2 amide bonds. The Labute approximate surface area is 132 Å². The number of hydrogen-bond donors (Lipinski definition) is 2. The minimum atomic E-state index is -0.0299. The average Bonchev–Trinajstić information content (AvgIpc) is 2.43. The van der Waals surface area contributed by atoms with E-state index in [0.29, 0.717) is 26.1 Å². The molecule has 0 fully saturated rings. The molecule has 0 spiro atoms. The summed E-state index contributed by atoms with van der Waals surface area (Å²) in [6.45, 7) is 5.29. The summed E-state index contributed by atoms with van der Waals surface area (Å²) in [6, 6.07) is 7.58. The van der Waals surface area contributed by atoms with Gasteiger partial charge in [-0.2, -0.15) is 0 Å². The van der Waals surface area contributed by atoms with E-state index in [1.54, 1.807) is 11.8 Å². The van der Waals surface area contributed by atoms with E-state index in [9.17, 15) is 9.59 Å². The minimum absolute atomic E-state index is 0. The van der Waals surface area contributed by atoms with Crippen LogP contribution in [-0.2, 0) is 16.1 Å². The average molecular weight is 314 g/mol. The Morgan fingerprint density at radius 2 is 1.90 bits per heavy atom. The number of carbonyl (C=O) groups is 2. The van der Waals surface area contributed by atoms with Gasteiger partial charge < -0.3 is 15.5 Å². The molecule has 0 bridgehead atoms. The zero-order valence-corrected chi connectivity index (χ0v) is 13.6. The zero-order valence-electron chi connectivity index (χ0n) is 12.8. The van der Waals surface area contributed by atoms with Gasteiger partial charge in [-0.3, -0.25) is 9.59 Å². The van der Waals surface area contributed by atoms with Gasteiger partial charge in [0, 0.05) is 38.7 Å². The van der Waals surface area contributed by atoms with Crippen molar-refractivity contribution in [3.63, 3.8) is 0 Å². The fraction of sp³-hybridized carbons (Fsp3) is 0.467. The second-order valence-corrected chi connectivity index (χ2v) is 4.59. The molecule has 21 heavy (non-hydrogen) atoms. The Morgan fingerprint density at radius 3 is 2.48 bits per heavy atom. The zero-order chi connectivity index (χ0) is 15.0. The number of para-hydroxylation sites is 1. The summed E-state index contributed by atoms with van der Waals surface area (Å²) in [7, 11) is 1.81. The number of rotatable bonds is 7. The molecule has 0 aliphatic heterocycles. The summed E-state index contributed by atoms with van der Waals surface area (Å²) in [5, 5.41) is 5.84. The van der Waals surface area contributed by atoms with Crippen molar-refractivity contribution in [1.29, 1.82) is 0 Å². The lowest BCUT2D eigenvalue weighted by Gasteiger charge is -2.21. The van der Waals surface area contributed by atoms with Gasteiger partial charge in [-0.05, 0) is 25.6 Å². The smallest absolute Gasteiger partial charge is 0.225 e. The Morgan fingerprint density at radius 1 is 1.24 bits per heavy atom. The third-order valence-corrected chi connectivity index (χ3v) is 3.08. The van der Waals surface area contributed by atoms with E-state index in [4.69, 9.17) is 0 Å². The van der Waals surface area contributed by atoms with Crippen LogP contribution in [0.2, 0.25) is 0 Å². The van der Waals surface area contributed by atoms with Gasteiger partial charge in [0.1, 0.15) is 0 Å². The molecule has 0 unspecified atom stereocenters. The lowest BCUT2D eigenvalue weighted by atomic mass is 10.1. The summed E-state index contributed by atoms with van der Waals surface area (Å²) in [4.78, 5) is 25.0. The van der Waals surface area contributed by atoms with E-state index >= 15 is 0 Å². The number of anilines is 1. The maximum atomic E-state index is 11.8. The molecule has 0 radical (unpaired) electrons. The highest BCUT2D eigenvalue weighted by atomic mass is 35.5. The topological polar surface area (TPSA) is 61.4 Å². The molecule has 1 rings (SSSR count). The van der Waals surface area contributed by atoms with Crippen LogP contribution in [0.15, 0.2) is 24.3 Å². The monoisotopic (exact) mass is 313 g/mol. The second kappa shape index (κ2) is 10.2. The third-order valence-electron chi connectivity index (χ3n) is 3.08. The summed E-state index contributed by atoms with van der Waals surface area (Å²) >= 11 is 0. The van der Waals surface area contributed by atoms with Crippen molar-refractivity contribution >= 4 is 29.9 Å². The maximum absolute atomic E-state index is 11.8. The fourth-order valence-electron chi connectivity index (χ4n) is 1.88. The molecule has 0 aromatic heterocycles. The van der Waals surface area contributed by atoms with Gasteiger partial charge >= 0.3 is 0 Å². The number of nitrogens with zero attached hydrogens (tertiary/aromatic N) is 1. The van der Waals surface area contributed by atoms with Gasteiger partial charge in [0.05, 0.1) is 0 Å². The van der Waals surface area contributed by atoms with Crippen LogP contribution >= 0.6 is 12.4 Å². The van der Waals surface area contributed by atoms with Gasteiger partial charge in [-0.1, -0.05) is 18.2 Å². The van der Waals surface area contributed by atoms with Crippen molar-refractivity contribution in [1.82, 2.24) is 10.2 Å². The van der Waals surface area contributed by atoms with Crippen LogP contribution in [0.3, 0.4) is 0 Å². The number of amides is 2. The first-order valence-corrected chi connectivity index (χ1v) is 6.86. The molecule has 118 valence electrons. The molecule has 0 aliphatic carbocycles. The Balaban J connectivity index is 0.00000400. The lowest BCUT2D eigenvalue weighted by molar-refractivity contribution is -0.129. The summed E-state index contributed by atoms with van der Waals surface area (Å²) in [5.41, 5.74) is 1.72. The van der Waals surface area contributed by atoms with E-state index in [2.05, 4.69) is 10.6 Å². The summed E-state index contributed by atoms with van der Waals surface area (Å²) in [5.74, 6) is 0.00138. The standard InChI is InChI=1S/C15H23N3O2.ClH/c1-4-18(12(2)19)11-13-7-5-6-8-14(13)17-15(20)9-10-16-3;/h5-8,16H,4,9-11H2,1-3H3,(H,17,20);1H. The van der Waals surface area contributed by atoms with Crippen molar-refractivity contribution in [2.45, 2.75) is 26.8 Å². The SMILES string of the molecule is CCN(Cc1ccccc1NC(=O)CCNC)C(C)=O.Cl. The predicted octanol–water partition coefficient (Wildman–Crippen LogP) is 2.02. The summed E-state index contributed by atoms with van der Waals surface area (Å²) in [6.07, 6.45) is 0.426. The van der Waals surface area contributed by atoms with Crippen molar-refractivity contribution in [2.75, 3.05) is 25.5 Å². The first-order chi connectivity index (χ1) is 9.58. The largest absolute Gasteiger partial charge is 0.339 e. The highest BCUT2D eigenvalue weighted by molar-refractivity contribution is 5.91. The minimum Gasteiger partial charge on any atom is -0.339 e. The van der Waals surface area contributed by atoms with Crippen LogP contribution in [0.25, 0.3) is 0 Å². The molecule has 6 heteroatoms. The molecule has 0 saturated heterocycles. The van der Waals surface area contributed by atoms with E-state index < -0.39 is 0 Å². The molecule has 0 aliphatic rings. The van der Waals surface area contributed by atoms with E-state index in [1.165, 1.54) is 0 Å². The van der Waals surface area contributed by atoms with Gasteiger partial charge in [-0.25, -0.2) is 0 Å². The van der Waals surface area contributed by atoms with Gasteiger partial charge in [0.2, 0.25) is 11.8 Å². The molecule has 2 N–H and O–H groups in total. The molecule has 0 atom stereocenters. The Bertz CT molecular complexity index is 466. The second-order valence-electron chi connectivity index (χ2n) is 4.59. The molecule has 0 saturated carbocycles. The van der Waals surface area contributed by atoms with Crippen molar-refractivity contribution in [2.24, 2.45) is 0 Å². The number of carbonyl (C=O) groups excluding carboxylic acids is 2. The van der Waals surface area contributed by atoms with Crippen molar-refractivity contribution in [3.05, 3.63) is 29.8 Å². The van der Waals surface area contributed by atoms with Gasteiger partial charge in [0.25, 0.3) is 0 Å². The lowest BCUT2D eigenvalue weighted by Crippen LogP contribution is -2.28. The molecule has 0 heterocycles. The molecule has 1 aromatic carbocycles. The predicted molar refractivity (Wildman–Crippen MR) is 87.6 cm³/mol. The van der Waals surface area contributed by atoms with Crippen LogP contribution in [0.1, 0.15) is 25.8 Å². The van der Waals surface area contributed by atoms with Crippen molar-refractivity contribution in [3.8, 4) is 0 Å². The first kappa shape index (κ1) is 19.4. The van der Waals surface area contributed by atoms with E-state index in [-0.39, 0.29) is 24.2 Å². The van der Waals surface area contributed by atoms with Crippen LogP contribution in [0, 0.1) is 0 Å². The Kier molecular flexibility index (Phi) is 9.41. The van der Waals surface area contributed by atoms with E-state index in [1.807, 2.05) is 38.2 Å². The van der Waals surface area contributed by atoms with Crippen LogP contribution in [0.4, 0.5) is 5.69 Å². The highest BCUT2D eigenvalue weighted by Gasteiger charge is 2.11. The number of benzene rings is 1. The van der Waals surface area contributed by atoms with Crippen LogP contribution in [-0.4, -0.2) is 36.9 Å². The Hall–Kier alpha value is -1.59. The first-order valence-electron chi connectivity index (χ1n) is 6.86. The highest BCUT2D eigenvalue weighted by Crippen LogP contribution is 2.17. The molecular formula is C15H24ClN3O2. The quantitative estimate of drug-likeness (QED) is 0.809. The van der Waals surface area contributed by atoms with Crippen LogP contribution in [0.5, 0.6) is 0 Å². The number of halogens is 1. The van der Waals surface area contributed by atoms with E-state index in [0.717, 1.165) is 11.3 Å². The van der Waals surface area contributed by atoms with Crippen molar-refractivity contribution < 1.29 is 9.59 Å². The normalized spacial score (nSPS) is 9.67. The molecule has 5 nitrogen and oxygen atoms in total. The maximum Gasteiger partial charge on any atom is 0.225 e. The fourth-order valence-corrected chi connectivity index (χ4v) is 1.88. The number of hydrogen-bond acceptors (Lipinski definition) is 3. The molecular weight excluding hydrogens is 290 g/mol. The molecule has 1 aromatic rings. The third kappa shape index (κ3) is 6.60.